The normalized spacial score (nSPS) is 11.6. The van der Waals surface area contributed by atoms with Crippen molar-refractivity contribution in [3.8, 4) is 11.1 Å². The third kappa shape index (κ3) is 3.58. The molecule has 0 bridgehead atoms. The summed E-state index contributed by atoms with van der Waals surface area (Å²) < 4.78 is 0. The van der Waals surface area contributed by atoms with Crippen LogP contribution in [0.5, 0.6) is 0 Å². The van der Waals surface area contributed by atoms with E-state index in [2.05, 4.69) is 28.5 Å². The average Bonchev–Trinajstić information content (AvgIpc) is 2.39. The molecule has 0 atom stereocenters. The van der Waals surface area contributed by atoms with Crippen LogP contribution in [0.15, 0.2) is 59.6 Å². The quantitative estimate of drug-likeness (QED) is 0.650. The lowest BCUT2D eigenvalue weighted by atomic mass is 10.0. The van der Waals surface area contributed by atoms with Crippen molar-refractivity contribution in [2.24, 2.45) is 10.7 Å². The monoisotopic (exact) mass is 253 g/mol. The summed E-state index contributed by atoms with van der Waals surface area (Å²) in [4.78, 5) is 4.29. The molecule has 0 radical (unpaired) electrons. The third-order valence-corrected chi connectivity index (χ3v) is 2.67. The topological polar surface area (TPSA) is 50.4 Å². The van der Waals surface area contributed by atoms with Crippen LogP contribution >= 0.6 is 0 Å². The molecule has 98 valence electrons. The zero-order chi connectivity index (χ0) is 13.7. The SMILES string of the molecule is CC(C)N=C(N)Nc1ccccc1-c1ccccc1. The number of rotatable bonds is 3. The van der Waals surface area contributed by atoms with Crippen molar-refractivity contribution >= 4 is 11.6 Å². The van der Waals surface area contributed by atoms with E-state index in [9.17, 15) is 0 Å². The maximum absolute atomic E-state index is 5.89. The average molecular weight is 253 g/mol. The lowest BCUT2D eigenvalue weighted by Crippen LogP contribution is -2.24. The van der Waals surface area contributed by atoms with E-state index in [0.29, 0.717) is 5.96 Å². The number of anilines is 1. The maximum atomic E-state index is 5.89. The van der Waals surface area contributed by atoms with E-state index in [1.165, 1.54) is 0 Å². The van der Waals surface area contributed by atoms with Gasteiger partial charge >= 0.3 is 0 Å². The van der Waals surface area contributed by atoms with Crippen LogP contribution in [0.1, 0.15) is 13.8 Å². The van der Waals surface area contributed by atoms with Gasteiger partial charge < -0.3 is 11.1 Å². The Hall–Kier alpha value is -2.29. The predicted octanol–water partition coefficient (Wildman–Crippen LogP) is 3.49. The Kier molecular flexibility index (Phi) is 4.18. The second-order valence-corrected chi connectivity index (χ2v) is 4.64. The molecule has 0 spiro atoms. The fraction of sp³-hybridized carbons (Fsp3) is 0.188. The Morgan fingerprint density at radius 2 is 1.63 bits per heavy atom. The Labute approximate surface area is 114 Å². The molecule has 2 rings (SSSR count). The minimum atomic E-state index is 0.177. The third-order valence-electron chi connectivity index (χ3n) is 2.67. The molecular weight excluding hydrogens is 234 g/mol. The summed E-state index contributed by atoms with van der Waals surface area (Å²) in [7, 11) is 0. The summed E-state index contributed by atoms with van der Waals surface area (Å²) in [6.45, 7) is 4.00. The van der Waals surface area contributed by atoms with Gasteiger partial charge in [0, 0.05) is 17.3 Å². The highest BCUT2D eigenvalue weighted by Gasteiger charge is 2.05. The van der Waals surface area contributed by atoms with Gasteiger partial charge in [0.05, 0.1) is 0 Å². The van der Waals surface area contributed by atoms with E-state index >= 15 is 0 Å². The smallest absolute Gasteiger partial charge is 0.193 e. The number of nitrogens with one attached hydrogen (secondary N) is 1. The van der Waals surface area contributed by atoms with Gasteiger partial charge in [0.25, 0.3) is 0 Å². The molecule has 3 nitrogen and oxygen atoms in total. The van der Waals surface area contributed by atoms with Gasteiger partial charge in [-0.05, 0) is 25.5 Å². The molecule has 0 heterocycles. The first-order chi connectivity index (χ1) is 9.16. The zero-order valence-electron chi connectivity index (χ0n) is 11.3. The Bertz CT molecular complexity index is 559. The van der Waals surface area contributed by atoms with E-state index in [0.717, 1.165) is 16.8 Å². The number of nitrogens with zero attached hydrogens (tertiary/aromatic N) is 1. The molecule has 0 saturated carbocycles. The number of aliphatic imine (C=N–C) groups is 1. The molecule has 2 aromatic rings. The minimum Gasteiger partial charge on any atom is -0.370 e. The summed E-state index contributed by atoms with van der Waals surface area (Å²) in [5, 5.41) is 3.17. The van der Waals surface area contributed by atoms with Crippen molar-refractivity contribution in [3.05, 3.63) is 54.6 Å². The number of para-hydroxylation sites is 1. The first kappa shape index (κ1) is 13.1. The number of hydrogen-bond donors (Lipinski definition) is 2. The maximum Gasteiger partial charge on any atom is 0.193 e. The zero-order valence-corrected chi connectivity index (χ0v) is 11.3. The molecule has 0 fully saturated rings. The molecule has 0 unspecified atom stereocenters. The Morgan fingerprint density at radius 1 is 1.00 bits per heavy atom. The van der Waals surface area contributed by atoms with Gasteiger partial charge in [0.15, 0.2) is 5.96 Å². The highest BCUT2D eigenvalue weighted by Crippen LogP contribution is 2.27. The van der Waals surface area contributed by atoms with E-state index in [4.69, 9.17) is 5.73 Å². The molecule has 3 N–H and O–H groups in total. The van der Waals surface area contributed by atoms with Gasteiger partial charge in [0.1, 0.15) is 0 Å². The first-order valence-corrected chi connectivity index (χ1v) is 6.41. The lowest BCUT2D eigenvalue weighted by Gasteiger charge is -2.12. The standard InChI is InChI=1S/C16H19N3/c1-12(2)18-16(17)19-15-11-7-6-10-14(15)13-8-4-3-5-9-13/h3-12H,1-2H3,(H3,17,18,19). The van der Waals surface area contributed by atoms with Crippen LogP contribution in [0.3, 0.4) is 0 Å². The summed E-state index contributed by atoms with van der Waals surface area (Å²) in [5.74, 6) is 0.443. The van der Waals surface area contributed by atoms with E-state index in [1.807, 2.05) is 50.2 Å². The second kappa shape index (κ2) is 6.05. The van der Waals surface area contributed by atoms with Gasteiger partial charge in [-0.3, -0.25) is 4.99 Å². The Balaban J connectivity index is 2.32. The van der Waals surface area contributed by atoms with Crippen LogP contribution in [-0.2, 0) is 0 Å². The molecular formula is C16H19N3. The largest absolute Gasteiger partial charge is 0.370 e. The molecule has 0 aliphatic rings. The van der Waals surface area contributed by atoms with Crippen molar-refractivity contribution in [3.63, 3.8) is 0 Å². The second-order valence-electron chi connectivity index (χ2n) is 4.64. The number of nitrogens with two attached hydrogens (primary N) is 1. The summed E-state index contributed by atoms with van der Waals surface area (Å²) >= 11 is 0. The first-order valence-electron chi connectivity index (χ1n) is 6.41. The van der Waals surface area contributed by atoms with Crippen LogP contribution in [-0.4, -0.2) is 12.0 Å². The fourth-order valence-electron chi connectivity index (χ4n) is 1.91. The van der Waals surface area contributed by atoms with Gasteiger partial charge in [0.2, 0.25) is 0 Å². The highest BCUT2D eigenvalue weighted by atomic mass is 15.1. The molecule has 0 aliphatic carbocycles. The van der Waals surface area contributed by atoms with Crippen molar-refractivity contribution in [2.75, 3.05) is 5.32 Å². The number of guanidine groups is 1. The van der Waals surface area contributed by atoms with Gasteiger partial charge in [-0.1, -0.05) is 48.5 Å². The molecule has 3 heteroatoms. The van der Waals surface area contributed by atoms with Gasteiger partial charge in [-0.2, -0.15) is 0 Å². The van der Waals surface area contributed by atoms with Crippen molar-refractivity contribution in [1.29, 1.82) is 0 Å². The highest BCUT2D eigenvalue weighted by molar-refractivity contribution is 5.96. The predicted molar refractivity (Wildman–Crippen MR) is 82.3 cm³/mol. The summed E-state index contributed by atoms with van der Waals surface area (Å²) in [6.07, 6.45) is 0. The Morgan fingerprint density at radius 3 is 2.32 bits per heavy atom. The van der Waals surface area contributed by atoms with Crippen LogP contribution in [0, 0.1) is 0 Å². The van der Waals surface area contributed by atoms with E-state index in [1.54, 1.807) is 0 Å². The van der Waals surface area contributed by atoms with E-state index < -0.39 is 0 Å². The lowest BCUT2D eigenvalue weighted by molar-refractivity contribution is 0.833. The van der Waals surface area contributed by atoms with Gasteiger partial charge in [-0.25, -0.2) is 0 Å². The summed E-state index contributed by atoms with van der Waals surface area (Å²) in [5.41, 5.74) is 9.13. The van der Waals surface area contributed by atoms with Crippen molar-refractivity contribution < 1.29 is 0 Å². The number of hydrogen-bond acceptors (Lipinski definition) is 1. The summed E-state index contributed by atoms with van der Waals surface area (Å²) in [6, 6.07) is 18.5. The minimum absolute atomic E-state index is 0.177. The number of benzene rings is 2. The van der Waals surface area contributed by atoms with E-state index in [-0.39, 0.29) is 6.04 Å². The molecule has 0 aliphatic heterocycles. The fourth-order valence-corrected chi connectivity index (χ4v) is 1.91. The molecule has 2 aromatic carbocycles. The molecule has 0 amide bonds. The van der Waals surface area contributed by atoms with Crippen LogP contribution < -0.4 is 11.1 Å². The van der Waals surface area contributed by atoms with Crippen LogP contribution in [0.2, 0.25) is 0 Å². The molecule has 0 aromatic heterocycles. The van der Waals surface area contributed by atoms with Crippen LogP contribution in [0.25, 0.3) is 11.1 Å². The molecule has 19 heavy (non-hydrogen) atoms. The van der Waals surface area contributed by atoms with Crippen molar-refractivity contribution in [2.45, 2.75) is 19.9 Å². The van der Waals surface area contributed by atoms with Crippen molar-refractivity contribution in [1.82, 2.24) is 0 Å². The van der Waals surface area contributed by atoms with Gasteiger partial charge in [-0.15, -0.1) is 0 Å². The van der Waals surface area contributed by atoms with Crippen LogP contribution in [0.4, 0.5) is 5.69 Å². The molecule has 0 saturated heterocycles.